The van der Waals surface area contributed by atoms with Crippen LogP contribution in [0.2, 0.25) is 0 Å². The fourth-order valence-corrected chi connectivity index (χ4v) is 5.28. The van der Waals surface area contributed by atoms with Crippen molar-refractivity contribution in [3.8, 4) is 16.9 Å². The molecule has 4 rings (SSSR count). The summed E-state index contributed by atoms with van der Waals surface area (Å²) in [6, 6.07) is 19.3. The van der Waals surface area contributed by atoms with Gasteiger partial charge in [-0.05, 0) is 42.8 Å². The number of hydrogen-bond donors (Lipinski definition) is 1. The summed E-state index contributed by atoms with van der Waals surface area (Å²) in [5.41, 5.74) is 1.04. The predicted molar refractivity (Wildman–Crippen MR) is 160 cm³/mol. The van der Waals surface area contributed by atoms with Gasteiger partial charge in [-0.3, -0.25) is 9.59 Å². The highest BCUT2D eigenvalue weighted by atomic mass is 32.2. The first-order valence-corrected chi connectivity index (χ1v) is 15.3. The number of aromatic nitrogens is 2. The number of carbonyl (C=O) groups is 2. The number of benzene rings is 3. The molecule has 1 heterocycles. The maximum Gasteiger partial charge on any atom is 0.435 e. The molecule has 0 aliphatic carbocycles. The highest BCUT2D eigenvalue weighted by Crippen LogP contribution is 2.33. The molecule has 4 aromatic rings. The number of halogens is 3. The van der Waals surface area contributed by atoms with Gasteiger partial charge in [-0.15, -0.1) is 5.01 Å². The van der Waals surface area contributed by atoms with E-state index in [1.165, 1.54) is 19.2 Å². The van der Waals surface area contributed by atoms with Crippen molar-refractivity contribution >= 4 is 21.9 Å². The lowest BCUT2D eigenvalue weighted by molar-refractivity contribution is -0.710. The molecule has 47 heavy (non-hydrogen) atoms. The van der Waals surface area contributed by atoms with Crippen LogP contribution in [0.3, 0.4) is 0 Å². The zero-order chi connectivity index (χ0) is 34.4. The zero-order valence-corrected chi connectivity index (χ0v) is 26.0. The third-order valence-corrected chi connectivity index (χ3v) is 8.07. The van der Waals surface area contributed by atoms with Crippen LogP contribution in [0.25, 0.3) is 16.9 Å². The topological polar surface area (TPSA) is 158 Å². The molecule has 1 N–H and O–H groups in total. The van der Waals surface area contributed by atoms with E-state index in [0.29, 0.717) is 11.1 Å². The fourth-order valence-electron chi connectivity index (χ4n) is 4.26. The number of rotatable bonds is 12. The van der Waals surface area contributed by atoms with E-state index in [1.54, 1.807) is 54.6 Å². The second kappa shape index (κ2) is 14.3. The monoisotopic (exact) mass is 674 g/mol. The smallest absolute Gasteiger partial charge is 0.435 e. The number of hydrazine groups is 1. The first kappa shape index (κ1) is 34.4. The van der Waals surface area contributed by atoms with Crippen molar-refractivity contribution in [2.75, 3.05) is 13.8 Å². The minimum atomic E-state index is -4.73. The van der Waals surface area contributed by atoms with Crippen LogP contribution in [-0.2, 0) is 41.8 Å². The minimum Gasteiger partial charge on any atom is -0.569 e. The summed E-state index contributed by atoms with van der Waals surface area (Å²) in [5, 5.41) is 20.2. The van der Waals surface area contributed by atoms with Crippen LogP contribution < -0.4 is 4.72 Å². The molecule has 3 aromatic carbocycles. The Bertz CT molecular complexity index is 1850. The summed E-state index contributed by atoms with van der Waals surface area (Å²) in [6.45, 7) is 2.27. The van der Waals surface area contributed by atoms with Gasteiger partial charge in [0, 0.05) is 18.9 Å². The summed E-state index contributed by atoms with van der Waals surface area (Å²) in [7, 11) is -3.37. The first-order chi connectivity index (χ1) is 22.2. The highest BCUT2D eigenvalue weighted by Gasteiger charge is 2.36. The Hall–Kier alpha value is -5.45. The molecule has 0 aliphatic rings. The predicted octanol–water partition coefficient (Wildman–Crippen LogP) is 4.54. The molecule has 1 atom stereocenters. The Balaban J connectivity index is 1.59. The molecule has 0 unspecified atom stereocenters. The van der Waals surface area contributed by atoms with Gasteiger partial charge in [0.2, 0.25) is 5.28 Å². The number of nitrogens with zero attached hydrogens (tertiary/aromatic N) is 5. The van der Waals surface area contributed by atoms with Crippen molar-refractivity contribution in [1.29, 1.82) is 0 Å². The van der Waals surface area contributed by atoms with E-state index in [4.69, 9.17) is 0 Å². The van der Waals surface area contributed by atoms with Crippen LogP contribution in [0, 0.1) is 12.1 Å². The number of alkyl halides is 3. The second-order valence-corrected chi connectivity index (χ2v) is 11.8. The van der Waals surface area contributed by atoms with Crippen LogP contribution >= 0.6 is 0 Å². The molecule has 0 radical (unpaired) electrons. The summed E-state index contributed by atoms with van der Waals surface area (Å²) < 4.78 is 74.8. The molecule has 0 saturated heterocycles. The van der Waals surface area contributed by atoms with Gasteiger partial charge in [0.1, 0.15) is 0 Å². The maximum atomic E-state index is 13.6. The average molecular weight is 675 g/mol. The second-order valence-electron chi connectivity index (χ2n) is 10.2. The van der Waals surface area contributed by atoms with Crippen LogP contribution in [0.15, 0.2) is 95.1 Å². The number of hydrogen-bond acceptors (Lipinski definition) is 9. The summed E-state index contributed by atoms with van der Waals surface area (Å²) in [5.74, 6) is -1.78. The van der Waals surface area contributed by atoms with Gasteiger partial charge in [-0.25, -0.2) is 17.8 Å². The van der Waals surface area contributed by atoms with E-state index >= 15 is 0 Å². The largest absolute Gasteiger partial charge is 0.569 e. The highest BCUT2D eigenvalue weighted by molar-refractivity contribution is 7.90. The molecule has 0 bridgehead atoms. The van der Waals surface area contributed by atoms with Gasteiger partial charge < -0.3 is 14.8 Å². The van der Waals surface area contributed by atoms with Crippen LogP contribution in [0.4, 0.5) is 13.2 Å². The average Bonchev–Trinajstić information content (AvgIpc) is 3.48. The molecule has 13 nitrogen and oxygen atoms in total. The van der Waals surface area contributed by atoms with E-state index in [-0.39, 0.29) is 27.7 Å². The molecule has 248 valence electrons. The van der Waals surface area contributed by atoms with E-state index in [9.17, 15) is 36.4 Å². The normalized spacial score (nSPS) is 12.7. The standard InChI is InChI=1S/C30H29F3N6O7S/c1-20-9-11-23(12-10-20)26-18-28(30(31,32)33)34-38(26)24-13-15-25(16-14-24)47(43,44)35-29(41)27(17-22-7-5-4-6-8-22)37(3)39(42)36-46-19-45-21(2)40/h4-16,18,27H,17,19H2,1-3H3,(H,35,41)/b39-36-/t27-/m0/s1. The lowest BCUT2D eigenvalue weighted by atomic mass is 10.1. The number of ether oxygens (including phenoxy) is 1. The van der Waals surface area contributed by atoms with Crippen LogP contribution in [-0.4, -0.2) is 59.9 Å². The summed E-state index contributed by atoms with van der Waals surface area (Å²) in [6.07, 6.45) is -4.86. The molecule has 0 fully saturated rings. The van der Waals surface area contributed by atoms with Crippen molar-refractivity contribution in [3.63, 3.8) is 0 Å². The van der Waals surface area contributed by atoms with Crippen molar-refractivity contribution in [2.45, 2.75) is 37.4 Å². The number of sulfonamides is 1. The number of carbonyl (C=O) groups excluding carboxylic acids is 2. The number of likely N-dealkylation sites (N-methyl/N-ethyl adjacent to an activating group) is 1. The maximum absolute atomic E-state index is 13.6. The molecule has 17 heteroatoms. The Morgan fingerprint density at radius 1 is 1.06 bits per heavy atom. The van der Waals surface area contributed by atoms with Crippen molar-refractivity contribution in [2.24, 2.45) is 5.28 Å². The Morgan fingerprint density at radius 2 is 1.70 bits per heavy atom. The third kappa shape index (κ3) is 8.84. The Kier molecular flexibility index (Phi) is 10.5. The molecule has 1 amide bonds. The fraction of sp³-hybridized carbons (Fsp3) is 0.233. The molecule has 0 spiro atoms. The molecule has 1 aromatic heterocycles. The van der Waals surface area contributed by atoms with Crippen molar-refractivity contribution in [1.82, 2.24) is 19.5 Å². The van der Waals surface area contributed by atoms with E-state index in [1.807, 2.05) is 11.6 Å². The van der Waals surface area contributed by atoms with Gasteiger partial charge in [0.15, 0.2) is 11.7 Å². The first-order valence-electron chi connectivity index (χ1n) is 13.8. The Labute approximate surface area is 267 Å². The molecule has 0 aliphatic heterocycles. The van der Waals surface area contributed by atoms with Crippen molar-refractivity contribution in [3.05, 3.63) is 107 Å². The number of aryl methyl sites for hydroxylation is 1. The van der Waals surface area contributed by atoms with Crippen molar-refractivity contribution < 1.29 is 45.7 Å². The van der Waals surface area contributed by atoms with E-state index < -0.39 is 46.6 Å². The number of nitrogens with one attached hydrogen (secondary N) is 1. The quantitative estimate of drug-likeness (QED) is 0.0569. The summed E-state index contributed by atoms with van der Waals surface area (Å²) in [4.78, 5) is 28.4. The van der Waals surface area contributed by atoms with Crippen LogP contribution in [0.5, 0.6) is 0 Å². The SMILES string of the molecule is CC(=O)OCO/N=[N+](\[O-])N(C)[C@@H](Cc1ccccc1)C(=O)NS(=O)(=O)c1ccc(-n2nc(C(F)(F)F)cc2-c2ccc(C)cc2)cc1. The molecular weight excluding hydrogens is 645 g/mol. The Morgan fingerprint density at radius 3 is 2.30 bits per heavy atom. The van der Waals surface area contributed by atoms with Gasteiger partial charge in [0.05, 0.1) is 28.3 Å². The lowest BCUT2D eigenvalue weighted by Crippen LogP contribution is -2.50. The van der Waals surface area contributed by atoms with Gasteiger partial charge in [0.25, 0.3) is 22.7 Å². The zero-order valence-electron chi connectivity index (χ0n) is 25.2. The van der Waals surface area contributed by atoms with Gasteiger partial charge >= 0.3 is 12.1 Å². The van der Waals surface area contributed by atoms with E-state index in [2.05, 4.69) is 20.0 Å². The molecular formula is C30H29F3N6O7S. The molecule has 0 saturated carbocycles. The van der Waals surface area contributed by atoms with Gasteiger partial charge in [-0.2, -0.15) is 18.3 Å². The van der Waals surface area contributed by atoms with Gasteiger partial charge in [-0.1, -0.05) is 60.2 Å². The summed E-state index contributed by atoms with van der Waals surface area (Å²) >= 11 is 0. The van der Waals surface area contributed by atoms with Crippen LogP contribution in [0.1, 0.15) is 23.7 Å². The number of esters is 1. The number of amides is 1. The third-order valence-electron chi connectivity index (χ3n) is 6.71. The lowest BCUT2D eigenvalue weighted by Gasteiger charge is -2.23. The van der Waals surface area contributed by atoms with E-state index in [0.717, 1.165) is 40.4 Å². The minimum absolute atomic E-state index is 0.108.